The molecule has 5 heteroatoms. The second-order valence-electron chi connectivity index (χ2n) is 7.22. The molecule has 0 aliphatic rings. The molecule has 150 valence electrons. The standard InChI is InChI=1S/C24H26N2O2S/c1-14-7-8-19(11-15(14)2)23-18(5)29-24(26-23)25-22(27)10-9-21-16(3)12-20(28-6)13-17(21)4/h7-13H,1-6H3,(H,25,26,27)/b10-9+. The van der Waals surface area contributed by atoms with Gasteiger partial charge in [0.2, 0.25) is 5.91 Å². The molecule has 0 saturated carbocycles. The van der Waals surface area contributed by atoms with E-state index in [1.54, 1.807) is 13.2 Å². The minimum absolute atomic E-state index is 0.194. The largest absolute Gasteiger partial charge is 0.497 e. The third-order valence-corrected chi connectivity index (χ3v) is 5.90. The van der Waals surface area contributed by atoms with Crippen molar-refractivity contribution in [3.05, 3.63) is 69.1 Å². The molecule has 0 aliphatic carbocycles. The van der Waals surface area contributed by atoms with Gasteiger partial charge in [0.05, 0.1) is 12.8 Å². The first-order valence-corrected chi connectivity index (χ1v) is 10.3. The van der Waals surface area contributed by atoms with E-state index in [1.807, 2.05) is 39.0 Å². The fourth-order valence-corrected chi connectivity index (χ4v) is 4.07. The number of thiazole rings is 1. The number of rotatable bonds is 5. The van der Waals surface area contributed by atoms with Crippen molar-refractivity contribution in [1.29, 1.82) is 0 Å². The molecule has 0 unspecified atom stereocenters. The Morgan fingerprint density at radius 1 is 1.00 bits per heavy atom. The maximum atomic E-state index is 12.4. The number of methoxy groups -OCH3 is 1. The molecule has 1 heterocycles. The lowest BCUT2D eigenvalue weighted by atomic mass is 10.0. The van der Waals surface area contributed by atoms with Crippen LogP contribution in [0.3, 0.4) is 0 Å². The van der Waals surface area contributed by atoms with E-state index in [-0.39, 0.29) is 5.91 Å². The number of carbonyl (C=O) groups excluding carboxylic acids is 1. The first kappa shape index (κ1) is 20.8. The van der Waals surface area contributed by atoms with Crippen LogP contribution in [0.25, 0.3) is 17.3 Å². The highest BCUT2D eigenvalue weighted by molar-refractivity contribution is 7.16. The number of nitrogens with one attached hydrogen (secondary N) is 1. The van der Waals surface area contributed by atoms with Crippen molar-refractivity contribution in [2.24, 2.45) is 0 Å². The molecule has 3 rings (SSSR count). The van der Waals surface area contributed by atoms with Gasteiger partial charge in [0.25, 0.3) is 0 Å². The zero-order valence-corrected chi connectivity index (χ0v) is 18.5. The van der Waals surface area contributed by atoms with Crippen molar-refractivity contribution in [2.45, 2.75) is 34.6 Å². The second kappa shape index (κ2) is 8.62. The van der Waals surface area contributed by atoms with Crippen LogP contribution in [-0.2, 0) is 4.79 Å². The summed E-state index contributed by atoms with van der Waals surface area (Å²) in [6.45, 7) is 10.2. The summed E-state index contributed by atoms with van der Waals surface area (Å²) in [7, 11) is 1.65. The number of aromatic nitrogens is 1. The third-order valence-electron chi connectivity index (χ3n) is 5.01. The predicted molar refractivity (Wildman–Crippen MR) is 122 cm³/mol. The Labute approximate surface area is 176 Å². The molecule has 0 radical (unpaired) electrons. The molecular formula is C24H26N2O2S. The summed E-state index contributed by atoms with van der Waals surface area (Å²) in [4.78, 5) is 18.1. The zero-order chi connectivity index (χ0) is 21.1. The fourth-order valence-electron chi connectivity index (χ4n) is 3.23. The summed E-state index contributed by atoms with van der Waals surface area (Å²) in [5.41, 5.74) is 7.62. The Morgan fingerprint density at radius 2 is 1.69 bits per heavy atom. The highest BCUT2D eigenvalue weighted by Crippen LogP contribution is 2.31. The molecule has 1 N–H and O–H groups in total. The van der Waals surface area contributed by atoms with E-state index in [9.17, 15) is 4.79 Å². The molecule has 1 aromatic heterocycles. The van der Waals surface area contributed by atoms with Crippen LogP contribution in [0.1, 0.15) is 32.7 Å². The number of anilines is 1. The van der Waals surface area contributed by atoms with Crippen molar-refractivity contribution in [3.8, 4) is 17.0 Å². The van der Waals surface area contributed by atoms with Crippen LogP contribution in [0.4, 0.5) is 5.13 Å². The van der Waals surface area contributed by atoms with Crippen LogP contribution in [0.2, 0.25) is 0 Å². The molecule has 0 saturated heterocycles. The minimum Gasteiger partial charge on any atom is -0.497 e. The molecule has 0 bridgehead atoms. The lowest BCUT2D eigenvalue weighted by molar-refractivity contribution is -0.111. The van der Waals surface area contributed by atoms with Crippen LogP contribution in [-0.4, -0.2) is 18.0 Å². The van der Waals surface area contributed by atoms with E-state index >= 15 is 0 Å². The monoisotopic (exact) mass is 406 g/mol. The number of ether oxygens (including phenoxy) is 1. The van der Waals surface area contributed by atoms with Crippen LogP contribution in [0, 0.1) is 34.6 Å². The van der Waals surface area contributed by atoms with Gasteiger partial charge in [-0.1, -0.05) is 12.1 Å². The van der Waals surface area contributed by atoms with Crippen molar-refractivity contribution < 1.29 is 9.53 Å². The Balaban J connectivity index is 1.76. The molecular weight excluding hydrogens is 380 g/mol. The Kier molecular flexibility index (Phi) is 6.18. The first-order valence-electron chi connectivity index (χ1n) is 9.48. The average Bonchev–Trinajstić information content (AvgIpc) is 3.03. The Bertz CT molecular complexity index is 1070. The summed E-state index contributed by atoms with van der Waals surface area (Å²) in [6.07, 6.45) is 3.39. The topological polar surface area (TPSA) is 51.2 Å². The van der Waals surface area contributed by atoms with Gasteiger partial charge < -0.3 is 4.74 Å². The van der Waals surface area contributed by atoms with Crippen molar-refractivity contribution >= 4 is 28.5 Å². The Morgan fingerprint density at radius 3 is 2.31 bits per heavy atom. The molecule has 1 amide bonds. The first-order chi connectivity index (χ1) is 13.8. The quantitative estimate of drug-likeness (QED) is 0.528. The number of amides is 1. The highest BCUT2D eigenvalue weighted by Gasteiger charge is 2.12. The van der Waals surface area contributed by atoms with Gasteiger partial charge in [-0.05, 0) is 86.7 Å². The number of carbonyl (C=O) groups is 1. The normalized spacial score (nSPS) is 11.1. The smallest absolute Gasteiger partial charge is 0.250 e. The fraction of sp³-hybridized carbons (Fsp3) is 0.250. The number of hydrogen-bond acceptors (Lipinski definition) is 4. The van der Waals surface area contributed by atoms with Crippen molar-refractivity contribution in [1.82, 2.24) is 4.98 Å². The van der Waals surface area contributed by atoms with Gasteiger partial charge in [-0.2, -0.15) is 0 Å². The third kappa shape index (κ3) is 4.74. The average molecular weight is 407 g/mol. The summed E-state index contributed by atoms with van der Waals surface area (Å²) >= 11 is 1.49. The van der Waals surface area contributed by atoms with Gasteiger partial charge in [-0.3, -0.25) is 10.1 Å². The number of benzene rings is 2. The molecule has 4 nitrogen and oxygen atoms in total. The lowest BCUT2D eigenvalue weighted by Crippen LogP contribution is -2.07. The molecule has 29 heavy (non-hydrogen) atoms. The van der Waals surface area contributed by atoms with Gasteiger partial charge in [0.15, 0.2) is 5.13 Å². The lowest BCUT2D eigenvalue weighted by Gasteiger charge is -2.08. The van der Waals surface area contributed by atoms with Crippen LogP contribution >= 0.6 is 11.3 Å². The van der Waals surface area contributed by atoms with E-state index in [0.717, 1.165) is 38.6 Å². The van der Waals surface area contributed by atoms with E-state index in [2.05, 4.69) is 42.3 Å². The number of aryl methyl sites for hydroxylation is 5. The Hall–Kier alpha value is -2.92. The molecule has 0 fully saturated rings. The van der Waals surface area contributed by atoms with Crippen LogP contribution < -0.4 is 10.1 Å². The van der Waals surface area contributed by atoms with Gasteiger partial charge in [0, 0.05) is 16.5 Å². The van der Waals surface area contributed by atoms with Gasteiger partial charge in [0.1, 0.15) is 5.75 Å². The number of nitrogens with zero attached hydrogens (tertiary/aromatic N) is 1. The van der Waals surface area contributed by atoms with Gasteiger partial charge in [-0.15, -0.1) is 11.3 Å². The van der Waals surface area contributed by atoms with E-state index in [1.165, 1.54) is 22.5 Å². The number of hydrogen-bond donors (Lipinski definition) is 1. The van der Waals surface area contributed by atoms with E-state index in [4.69, 9.17) is 4.74 Å². The van der Waals surface area contributed by atoms with E-state index in [0.29, 0.717) is 5.13 Å². The molecule has 0 aliphatic heterocycles. The summed E-state index contributed by atoms with van der Waals surface area (Å²) in [5, 5.41) is 3.49. The molecule has 0 spiro atoms. The van der Waals surface area contributed by atoms with Gasteiger partial charge >= 0.3 is 0 Å². The van der Waals surface area contributed by atoms with Gasteiger partial charge in [-0.25, -0.2) is 4.98 Å². The van der Waals surface area contributed by atoms with Crippen LogP contribution in [0.15, 0.2) is 36.4 Å². The molecule has 3 aromatic rings. The summed E-state index contributed by atoms with van der Waals surface area (Å²) in [6, 6.07) is 10.2. The maximum Gasteiger partial charge on any atom is 0.250 e. The SMILES string of the molecule is COc1cc(C)c(/C=C/C(=O)Nc2nc(-c3ccc(C)c(C)c3)c(C)s2)c(C)c1. The van der Waals surface area contributed by atoms with Crippen LogP contribution in [0.5, 0.6) is 5.75 Å². The maximum absolute atomic E-state index is 12.4. The van der Waals surface area contributed by atoms with E-state index < -0.39 is 0 Å². The predicted octanol–water partition coefficient (Wildman–Crippen LogP) is 6.01. The zero-order valence-electron chi connectivity index (χ0n) is 17.7. The molecule has 0 atom stereocenters. The highest BCUT2D eigenvalue weighted by atomic mass is 32.1. The van der Waals surface area contributed by atoms with Crippen molar-refractivity contribution in [3.63, 3.8) is 0 Å². The van der Waals surface area contributed by atoms with Crippen molar-refractivity contribution in [2.75, 3.05) is 12.4 Å². The molecule has 2 aromatic carbocycles. The summed E-state index contributed by atoms with van der Waals surface area (Å²) < 4.78 is 5.29. The minimum atomic E-state index is -0.194. The summed E-state index contributed by atoms with van der Waals surface area (Å²) in [5.74, 6) is 0.624. The second-order valence-corrected chi connectivity index (χ2v) is 8.42.